The number of rotatable bonds is 9. The van der Waals surface area contributed by atoms with Gasteiger partial charge in [-0.15, -0.1) is 0 Å². The zero-order valence-corrected chi connectivity index (χ0v) is 29.7. The van der Waals surface area contributed by atoms with Crippen LogP contribution in [0.5, 0.6) is 0 Å². The molecule has 0 amide bonds. The maximum atomic E-state index is 11.5. The zero-order valence-electron chi connectivity index (χ0n) is 26.4. The van der Waals surface area contributed by atoms with Gasteiger partial charge >= 0.3 is 0 Å². The normalized spacial score (nSPS) is 13.9. The predicted octanol–water partition coefficient (Wildman–Crippen LogP) is 5.68. The minimum atomic E-state index is -3.08. The molecule has 0 atom stereocenters. The van der Waals surface area contributed by atoms with Crippen LogP contribution in [0.2, 0.25) is 0 Å². The van der Waals surface area contributed by atoms with E-state index in [2.05, 4.69) is 0 Å². The van der Waals surface area contributed by atoms with Gasteiger partial charge in [0.15, 0.2) is 39.3 Å². The first-order chi connectivity index (χ1) is 19.1. The highest BCUT2D eigenvalue weighted by Gasteiger charge is 2.37. The summed E-state index contributed by atoms with van der Waals surface area (Å²) in [6.45, 7) is 15.3. The van der Waals surface area contributed by atoms with E-state index in [1.165, 1.54) is 0 Å². The lowest BCUT2D eigenvalue weighted by molar-refractivity contribution is 0.585. The van der Waals surface area contributed by atoms with Crippen LogP contribution in [0.3, 0.4) is 0 Å². The molecule has 0 bridgehead atoms. The Kier molecular flexibility index (Phi) is 16.8. The fraction of sp³-hybridized carbons (Fsp3) is 0.600. The molecule has 2 aromatic rings. The first kappa shape index (κ1) is 40.2. The first-order valence-corrected chi connectivity index (χ1v) is 20.7. The lowest BCUT2D eigenvalue weighted by atomic mass is 10.2. The lowest BCUT2D eigenvalue weighted by Crippen LogP contribution is -2.18. The van der Waals surface area contributed by atoms with Gasteiger partial charge in [-0.05, 0) is 85.9 Å². The number of benzene rings is 2. The summed E-state index contributed by atoms with van der Waals surface area (Å²) in [5.41, 5.74) is 0.858. The summed E-state index contributed by atoms with van der Waals surface area (Å²) in [4.78, 5) is 0.403. The van der Waals surface area contributed by atoms with Crippen molar-refractivity contribution in [3.8, 4) is 0 Å². The van der Waals surface area contributed by atoms with Crippen molar-refractivity contribution in [1.29, 1.82) is 0 Å². The molecule has 0 N–H and O–H groups in total. The van der Waals surface area contributed by atoms with E-state index >= 15 is 0 Å². The van der Waals surface area contributed by atoms with E-state index in [1.807, 2.05) is 30.3 Å². The Balaban J connectivity index is 0.000000544. The second-order valence-electron chi connectivity index (χ2n) is 11.1. The molecule has 1 saturated carbocycles. The van der Waals surface area contributed by atoms with Crippen LogP contribution in [0.15, 0.2) is 65.6 Å². The van der Waals surface area contributed by atoms with Gasteiger partial charge < -0.3 is 0 Å². The van der Waals surface area contributed by atoms with Crippen LogP contribution >= 0.6 is 0 Å². The summed E-state index contributed by atoms with van der Waals surface area (Å²) in [7, 11) is -11.5. The third kappa shape index (κ3) is 14.1. The average molecular weight is 667 g/mol. The largest absolute Gasteiger partial charge is 0.229 e. The van der Waals surface area contributed by atoms with Gasteiger partial charge in [-0.2, -0.15) is 0 Å². The van der Waals surface area contributed by atoms with Gasteiger partial charge in [0.1, 0.15) is 0 Å². The Hall–Kier alpha value is -1.76. The summed E-state index contributed by atoms with van der Waals surface area (Å²) >= 11 is 0. The van der Waals surface area contributed by atoms with E-state index in [4.69, 9.17) is 0 Å². The first-order valence-electron chi connectivity index (χ1n) is 14.1. The van der Waals surface area contributed by atoms with E-state index in [9.17, 15) is 33.7 Å². The fourth-order valence-corrected chi connectivity index (χ4v) is 7.27. The van der Waals surface area contributed by atoms with Crippen molar-refractivity contribution in [3.05, 3.63) is 66.2 Å². The quantitative estimate of drug-likeness (QED) is 0.334. The minimum Gasteiger partial charge on any atom is -0.229 e. The van der Waals surface area contributed by atoms with Crippen molar-refractivity contribution < 1.29 is 33.7 Å². The molecule has 0 radical (unpaired) electrons. The van der Waals surface area contributed by atoms with E-state index in [1.54, 1.807) is 92.6 Å². The summed E-state index contributed by atoms with van der Waals surface area (Å²) in [5, 5.41) is -1.03. The molecule has 0 aromatic heterocycles. The minimum absolute atomic E-state index is 0.0116. The van der Waals surface area contributed by atoms with Crippen LogP contribution in [0, 0.1) is 0 Å². The molecule has 42 heavy (non-hydrogen) atoms. The van der Waals surface area contributed by atoms with Crippen molar-refractivity contribution in [2.24, 2.45) is 0 Å². The molecule has 1 aliphatic carbocycles. The van der Waals surface area contributed by atoms with Gasteiger partial charge in [0.25, 0.3) is 0 Å². The van der Waals surface area contributed by atoms with Gasteiger partial charge in [-0.1, -0.05) is 55.5 Å². The molecule has 1 aliphatic rings. The van der Waals surface area contributed by atoms with Gasteiger partial charge in [0.05, 0.1) is 36.9 Å². The number of hydrogen-bond donors (Lipinski definition) is 0. The van der Waals surface area contributed by atoms with Crippen LogP contribution in [-0.2, 0) is 45.1 Å². The van der Waals surface area contributed by atoms with Gasteiger partial charge in [0, 0.05) is 5.75 Å². The zero-order chi connectivity index (χ0) is 32.9. The Bertz CT molecular complexity index is 1470. The Morgan fingerprint density at radius 3 is 1.24 bits per heavy atom. The molecule has 12 heteroatoms. The number of sulfone groups is 4. The van der Waals surface area contributed by atoms with Crippen molar-refractivity contribution in [2.75, 3.05) is 5.75 Å². The van der Waals surface area contributed by atoms with Crippen LogP contribution in [-0.4, -0.2) is 65.7 Å². The van der Waals surface area contributed by atoms with Gasteiger partial charge in [-0.3, -0.25) is 0 Å². The van der Waals surface area contributed by atoms with E-state index < -0.39 is 39.3 Å². The average Bonchev–Trinajstić information content (AvgIpc) is 3.77. The van der Waals surface area contributed by atoms with Gasteiger partial charge in [0.2, 0.25) is 0 Å². The second-order valence-corrected chi connectivity index (χ2v) is 21.8. The molecule has 242 valence electrons. The third-order valence-electron chi connectivity index (χ3n) is 6.39. The monoisotopic (exact) mass is 666 g/mol. The molecule has 0 saturated heterocycles. The highest BCUT2D eigenvalue weighted by Crippen LogP contribution is 2.30. The topological polar surface area (TPSA) is 137 Å². The molecular weight excluding hydrogens is 617 g/mol. The molecular formula is C30H50O8S4. The standard InChI is InChI=1S/C10H14O2S.C9H12O2S.C6H12O2S.C5H12O2S/c1-9(2)13(11,12)8-10-6-4-3-5-7-10;1-8(2)12(10,11)9-6-4-3-5-7-9;1-5(2)9(7,8)6-3-4-6;1-4-8(6,7)5(2)3/h3-7,9H,8H2,1-2H3;3-8H,1-2H3;5-6H,3-4H2,1-2H3;5H,4H2,1-3H3. The fourth-order valence-electron chi connectivity index (χ4n) is 2.97. The summed E-state index contributed by atoms with van der Waals surface area (Å²) < 4.78 is 89.6. The molecule has 8 nitrogen and oxygen atoms in total. The SMILES string of the molecule is CC(C)S(=O)(=O)C1CC1.CC(C)S(=O)(=O)Cc1ccccc1.CC(C)S(=O)(=O)c1ccccc1.CCS(=O)(=O)C(C)C. The summed E-state index contributed by atoms with van der Waals surface area (Å²) in [6.07, 6.45) is 1.78. The van der Waals surface area contributed by atoms with E-state index in [-0.39, 0.29) is 37.8 Å². The van der Waals surface area contributed by atoms with Crippen LogP contribution < -0.4 is 0 Å². The Morgan fingerprint density at radius 2 is 0.976 bits per heavy atom. The van der Waals surface area contributed by atoms with Crippen molar-refractivity contribution >= 4 is 39.3 Å². The van der Waals surface area contributed by atoms with Crippen molar-refractivity contribution in [1.82, 2.24) is 0 Å². The molecule has 1 fully saturated rings. The molecule has 3 rings (SSSR count). The van der Waals surface area contributed by atoms with Crippen LogP contribution in [0.4, 0.5) is 0 Å². The van der Waals surface area contributed by atoms with E-state index in [0.29, 0.717) is 4.90 Å². The number of hydrogen-bond acceptors (Lipinski definition) is 8. The predicted molar refractivity (Wildman–Crippen MR) is 175 cm³/mol. The molecule has 2 aromatic carbocycles. The molecule has 0 heterocycles. The summed E-state index contributed by atoms with van der Waals surface area (Å²) in [5.74, 6) is 0.399. The smallest absolute Gasteiger partial charge is 0.180 e. The van der Waals surface area contributed by atoms with Crippen molar-refractivity contribution in [2.45, 2.75) is 112 Å². The molecule has 0 aliphatic heterocycles. The maximum absolute atomic E-state index is 11.5. The second kappa shape index (κ2) is 17.5. The third-order valence-corrected chi connectivity index (χ3v) is 15.7. The molecule has 0 unspecified atom stereocenters. The Labute approximate surface area is 256 Å². The highest BCUT2D eigenvalue weighted by atomic mass is 32.2. The lowest BCUT2D eigenvalue weighted by Gasteiger charge is -2.06. The summed E-state index contributed by atoms with van der Waals surface area (Å²) in [6, 6.07) is 17.8. The Morgan fingerprint density at radius 1 is 0.571 bits per heavy atom. The molecule has 0 spiro atoms. The van der Waals surface area contributed by atoms with Crippen molar-refractivity contribution in [3.63, 3.8) is 0 Å². The van der Waals surface area contributed by atoms with Gasteiger partial charge in [-0.25, -0.2) is 33.7 Å². The maximum Gasteiger partial charge on any atom is 0.180 e. The van der Waals surface area contributed by atoms with Crippen LogP contribution in [0.1, 0.15) is 80.7 Å². The van der Waals surface area contributed by atoms with E-state index in [0.717, 1.165) is 18.4 Å². The van der Waals surface area contributed by atoms with Crippen LogP contribution in [0.25, 0.3) is 0 Å². The highest BCUT2D eigenvalue weighted by molar-refractivity contribution is 7.93.